The summed E-state index contributed by atoms with van der Waals surface area (Å²) in [5, 5.41) is 4.10. The van der Waals surface area contributed by atoms with E-state index in [0.717, 1.165) is 22.6 Å². The fraction of sp³-hybridized carbons (Fsp3) is 0.269. The van der Waals surface area contributed by atoms with Crippen molar-refractivity contribution in [2.75, 3.05) is 20.3 Å². The lowest BCUT2D eigenvalue weighted by Gasteiger charge is -2.10. The Bertz CT molecular complexity index is 1280. The summed E-state index contributed by atoms with van der Waals surface area (Å²) in [6, 6.07) is 18.3. The monoisotopic (exact) mass is 461 g/mol. The summed E-state index contributed by atoms with van der Waals surface area (Å²) < 4.78 is 23.4. The van der Waals surface area contributed by atoms with Gasteiger partial charge >= 0.3 is 0 Å². The Kier molecular flexibility index (Phi) is 7.39. The Morgan fingerprint density at radius 1 is 0.971 bits per heavy atom. The van der Waals surface area contributed by atoms with Crippen molar-refractivity contribution in [1.29, 1.82) is 0 Å². The van der Waals surface area contributed by atoms with Crippen LogP contribution in [-0.2, 0) is 11.3 Å². The quantitative estimate of drug-likeness (QED) is 0.323. The third-order valence-corrected chi connectivity index (χ3v) is 4.95. The molecule has 2 aromatic carbocycles. The summed E-state index contributed by atoms with van der Waals surface area (Å²) in [6.07, 6.45) is 1.83. The summed E-state index contributed by atoms with van der Waals surface area (Å²) >= 11 is 0. The van der Waals surface area contributed by atoms with Crippen molar-refractivity contribution in [3.63, 3.8) is 0 Å². The molecule has 0 atom stereocenters. The summed E-state index contributed by atoms with van der Waals surface area (Å²) in [5.74, 6) is 2.30. The van der Waals surface area contributed by atoms with Crippen LogP contribution in [0.2, 0.25) is 0 Å². The molecule has 0 spiro atoms. The van der Waals surface area contributed by atoms with Crippen LogP contribution in [0.5, 0.6) is 11.5 Å². The van der Waals surface area contributed by atoms with Crippen LogP contribution < -0.4 is 15.0 Å². The number of hydrogen-bond donors (Lipinski definition) is 0. The third kappa shape index (κ3) is 5.90. The minimum absolute atomic E-state index is 0.0993. The molecular formula is C26H27N3O5. The van der Waals surface area contributed by atoms with E-state index in [1.165, 1.54) is 6.07 Å². The average molecular weight is 462 g/mol. The van der Waals surface area contributed by atoms with Gasteiger partial charge in [-0.25, -0.2) is 0 Å². The Hall–Kier alpha value is -3.91. The maximum absolute atomic E-state index is 12.5. The third-order valence-electron chi connectivity index (χ3n) is 4.95. The zero-order valence-electron chi connectivity index (χ0n) is 19.4. The standard InChI is InChI=1S/C26H27N3O5/c1-18(2)33-22-10-7-20(8-11-22)26-27-25(28-34-26)21-9-12-24(30)29(17-21)16-19-5-4-6-23(15-19)32-14-13-31-3/h4-12,15,17-18H,13-14,16H2,1-3H3. The van der Waals surface area contributed by atoms with Gasteiger partial charge in [-0.15, -0.1) is 0 Å². The molecule has 0 aliphatic carbocycles. The molecule has 34 heavy (non-hydrogen) atoms. The van der Waals surface area contributed by atoms with Crippen LogP contribution in [0.4, 0.5) is 0 Å². The Morgan fingerprint density at radius 2 is 1.76 bits per heavy atom. The number of benzene rings is 2. The lowest BCUT2D eigenvalue weighted by Crippen LogP contribution is -2.19. The Balaban J connectivity index is 1.51. The summed E-state index contributed by atoms with van der Waals surface area (Å²) in [6.45, 7) is 5.31. The largest absolute Gasteiger partial charge is 0.491 e. The number of aromatic nitrogens is 3. The molecular weight excluding hydrogens is 434 g/mol. The summed E-state index contributed by atoms with van der Waals surface area (Å²) in [7, 11) is 1.63. The van der Waals surface area contributed by atoms with E-state index in [4.69, 9.17) is 18.7 Å². The van der Waals surface area contributed by atoms with Crippen molar-refractivity contribution in [2.24, 2.45) is 0 Å². The Morgan fingerprint density at radius 3 is 2.53 bits per heavy atom. The highest BCUT2D eigenvalue weighted by Gasteiger charge is 2.12. The van der Waals surface area contributed by atoms with Crippen molar-refractivity contribution in [1.82, 2.24) is 14.7 Å². The van der Waals surface area contributed by atoms with Crippen molar-refractivity contribution in [3.8, 4) is 34.3 Å². The Labute approximate surface area is 197 Å². The molecule has 0 amide bonds. The fourth-order valence-corrected chi connectivity index (χ4v) is 3.37. The van der Waals surface area contributed by atoms with Gasteiger partial charge in [0.25, 0.3) is 11.4 Å². The minimum Gasteiger partial charge on any atom is -0.491 e. The molecule has 2 heterocycles. The van der Waals surface area contributed by atoms with Gasteiger partial charge in [-0.3, -0.25) is 4.79 Å². The van der Waals surface area contributed by atoms with E-state index >= 15 is 0 Å². The second-order valence-corrected chi connectivity index (χ2v) is 7.99. The van der Waals surface area contributed by atoms with E-state index in [-0.39, 0.29) is 11.7 Å². The van der Waals surface area contributed by atoms with Crippen LogP contribution in [0.3, 0.4) is 0 Å². The molecule has 8 heteroatoms. The molecule has 0 bridgehead atoms. The van der Waals surface area contributed by atoms with Crippen LogP contribution in [0.15, 0.2) is 76.2 Å². The molecule has 0 unspecified atom stereocenters. The van der Waals surface area contributed by atoms with Crippen molar-refractivity contribution in [3.05, 3.63) is 82.8 Å². The van der Waals surface area contributed by atoms with E-state index in [2.05, 4.69) is 10.1 Å². The molecule has 176 valence electrons. The lowest BCUT2D eigenvalue weighted by molar-refractivity contribution is 0.146. The molecule has 8 nitrogen and oxygen atoms in total. The summed E-state index contributed by atoms with van der Waals surface area (Å²) in [5.41, 5.74) is 2.28. The first kappa shape index (κ1) is 23.3. The SMILES string of the molecule is COCCOc1cccc(Cn2cc(-c3noc(-c4ccc(OC(C)C)cc4)n3)ccc2=O)c1. The van der Waals surface area contributed by atoms with Gasteiger partial charge < -0.3 is 23.3 Å². The average Bonchev–Trinajstić information content (AvgIpc) is 3.31. The molecule has 0 radical (unpaired) electrons. The van der Waals surface area contributed by atoms with Crippen molar-refractivity contribution < 1.29 is 18.7 Å². The van der Waals surface area contributed by atoms with Gasteiger partial charge in [-0.2, -0.15) is 4.98 Å². The number of nitrogens with zero attached hydrogens (tertiary/aromatic N) is 3. The van der Waals surface area contributed by atoms with Gasteiger partial charge in [-0.1, -0.05) is 17.3 Å². The minimum atomic E-state index is -0.126. The van der Waals surface area contributed by atoms with Gasteiger partial charge in [0.2, 0.25) is 5.82 Å². The van der Waals surface area contributed by atoms with Gasteiger partial charge in [0.15, 0.2) is 0 Å². The smallest absolute Gasteiger partial charge is 0.258 e. The fourth-order valence-electron chi connectivity index (χ4n) is 3.37. The zero-order chi connectivity index (χ0) is 23.9. The van der Waals surface area contributed by atoms with Crippen LogP contribution in [-0.4, -0.2) is 41.1 Å². The molecule has 0 saturated heterocycles. The first-order valence-electron chi connectivity index (χ1n) is 11.0. The van der Waals surface area contributed by atoms with Gasteiger partial charge in [0.1, 0.15) is 18.1 Å². The molecule has 0 saturated carbocycles. The molecule has 0 aliphatic rings. The number of methoxy groups -OCH3 is 1. The topological polar surface area (TPSA) is 88.6 Å². The highest BCUT2D eigenvalue weighted by atomic mass is 16.5. The first-order chi connectivity index (χ1) is 16.5. The van der Waals surface area contributed by atoms with E-state index in [1.54, 1.807) is 23.9 Å². The predicted molar refractivity (Wildman–Crippen MR) is 128 cm³/mol. The first-order valence-corrected chi connectivity index (χ1v) is 11.0. The number of ether oxygens (including phenoxy) is 3. The molecule has 0 fully saturated rings. The summed E-state index contributed by atoms with van der Waals surface area (Å²) in [4.78, 5) is 17.0. The van der Waals surface area contributed by atoms with Crippen LogP contribution in [0.1, 0.15) is 19.4 Å². The van der Waals surface area contributed by atoms with Gasteiger partial charge in [0.05, 0.1) is 19.3 Å². The number of pyridine rings is 1. The predicted octanol–water partition coefficient (Wildman–Crippen LogP) is 4.43. The van der Waals surface area contributed by atoms with Crippen LogP contribution >= 0.6 is 0 Å². The molecule has 2 aromatic heterocycles. The number of hydrogen-bond acceptors (Lipinski definition) is 7. The van der Waals surface area contributed by atoms with Gasteiger partial charge in [0, 0.05) is 30.5 Å². The van der Waals surface area contributed by atoms with Crippen molar-refractivity contribution in [2.45, 2.75) is 26.5 Å². The number of rotatable bonds is 10. The second-order valence-electron chi connectivity index (χ2n) is 7.99. The normalized spacial score (nSPS) is 11.1. The molecule has 0 aliphatic heterocycles. The lowest BCUT2D eigenvalue weighted by atomic mass is 10.2. The van der Waals surface area contributed by atoms with Gasteiger partial charge in [-0.05, 0) is 61.9 Å². The highest BCUT2D eigenvalue weighted by molar-refractivity contribution is 5.59. The molecule has 4 aromatic rings. The van der Waals surface area contributed by atoms with Crippen LogP contribution in [0.25, 0.3) is 22.8 Å². The highest BCUT2D eigenvalue weighted by Crippen LogP contribution is 2.24. The van der Waals surface area contributed by atoms with Crippen LogP contribution in [0, 0.1) is 0 Å². The van der Waals surface area contributed by atoms with E-state index in [1.807, 2.05) is 62.4 Å². The van der Waals surface area contributed by atoms with E-state index < -0.39 is 0 Å². The second kappa shape index (κ2) is 10.8. The maximum Gasteiger partial charge on any atom is 0.258 e. The van der Waals surface area contributed by atoms with Crippen molar-refractivity contribution >= 4 is 0 Å². The zero-order valence-corrected chi connectivity index (χ0v) is 19.4. The molecule has 4 rings (SSSR count). The molecule has 0 N–H and O–H groups in total. The van der Waals surface area contributed by atoms with E-state index in [0.29, 0.717) is 37.0 Å². The van der Waals surface area contributed by atoms with E-state index in [9.17, 15) is 4.79 Å². The maximum atomic E-state index is 12.5.